The molecule has 2 aliphatic rings. The molecule has 2 fully saturated rings. The van der Waals surface area contributed by atoms with Crippen molar-refractivity contribution in [3.05, 3.63) is 0 Å². The van der Waals surface area contributed by atoms with Gasteiger partial charge in [0, 0.05) is 6.42 Å². The number of nitrogens with two attached hydrogens (primary N) is 1. The molecule has 0 aromatic heterocycles. The lowest BCUT2D eigenvalue weighted by molar-refractivity contribution is -0.155. The minimum atomic E-state index is -4.71. The zero-order valence-electron chi connectivity index (χ0n) is 18.2. The average molecular weight is 437 g/mol. The summed E-state index contributed by atoms with van der Waals surface area (Å²) in [6.07, 6.45) is -1.25. The predicted molar refractivity (Wildman–Crippen MR) is 106 cm³/mol. The molecule has 0 amide bonds. The molecule has 0 aromatic carbocycles. The Hall–Kier alpha value is -0.540. The van der Waals surface area contributed by atoms with Gasteiger partial charge in [0.25, 0.3) is 0 Å². The minimum Gasteiger partial charge on any atom is -0.377 e. The molecule has 1 saturated heterocycles. The van der Waals surface area contributed by atoms with Crippen molar-refractivity contribution in [2.75, 3.05) is 6.61 Å². The molecule has 9 nitrogen and oxygen atoms in total. The van der Waals surface area contributed by atoms with E-state index < -0.39 is 37.6 Å². The van der Waals surface area contributed by atoms with Crippen LogP contribution in [0.25, 0.3) is 0 Å². The second-order valence-electron chi connectivity index (χ2n) is 8.94. The summed E-state index contributed by atoms with van der Waals surface area (Å²) in [6, 6.07) is 0. The normalized spacial score (nSPS) is 37.2. The van der Waals surface area contributed by atoms with Crippen LogP contribution in [0.5, 0.6) is 0 Å². The molecule has 1 aliphatic heterocycles. The van der Waals surface area contributed by atoms with Crippen LogP contribution in [-0.4, -0.2) is 59.6 Å². The van der Waals surface area contributed by atoms with Gasteiger partial charge < -0.3 is 24.5 Å². The van der Waals surface area contributed by atoms with Crippen molar-refractivity contribution in [2.24, 2.45) is 11.7 Å². The highest BCUT2D eigenvalue weighted by Crippen LogP contribution is 2.50. The third kappa shape index (κ3) is 6.99. The number of rotatable bonds is 9. The molecule has 7 atom stereocenters. The maximum Gasteiger partial charge on any atom is 0.530 e. The van der Waals surface area contributed by atoms with Gasteiger partial charge in [0.1, 0.15) is 0 Å². The number of ether oxygens (including phenoxy) is 3. The minimum absolute atomic E-state index is 0.0369. The Bertz CT molecular complexity index is 615. The van der Waals surface area contributed by atoms with Crippen LogP contribution in [0.2, 0.25) is 0 Å². The lowest BCUT2D eigenvalue weighted by Crippen LogP contribution is -2.52. The molecule has 1 aliphatic carbocycles. The van der Waals surface area contributed by atoms with Crippen LogP contribution in [-0.2, 0) is 32.6 Å². The third-order valence-corrected chi connectivity index (χ3v) is 6.03. The number of hydrogen-bond donors (Lipinski definition) is 2. The first-order valence-corrected chi connectivity index (χ1v) is 11.8. The maximum atomic E-state index is 12.6. The first-order chi connectivity index (χ1) is 13.3. The Balaban J connectivity index is 2.02. The Labute approximate surface area is 173 Å². The van der Waals surface area contributed by atoms with E-state index in [-0.39, 0.29) is 30.8 Å². The second kappa shape index (κ2) is 9.73. The van der Waals surface area contributed by atoms with Gasteiger partial charge in [-0.2, -0.15) is 0 Å². The molecule has 0 radical (unpaired) electrons. The van der Waals surface area contributed by atoms with E-state index in [9.17, 15) is 14.3 Å². The van der Waals surface area contributed by atoms with Crippen molar-refractivity contribution in [3.63, 3.8) is 0 Å². The lowest BCUT2D eigenvalue weighted by Gasteiger charge is -2.32. The van der Waals surface area contributed by atoms with E-state index in [1.165, 1.54) is 0 Å². The van der Waals surface area contributed by atoms with E-state index in [2.05, 4.69) is 0 Å². The van der Waals surface area contributed by atoms with E-state index in [4.69, 9.17) is 29.0 Å². The van der Waals surface area contributed by atoms with E-state index >= 15 is 0 Å². The van der Waals surface area contributed by atoms with Crippen molar-refractivity contribution < 1.29 is 37.5 Å². The molecule has 0 aromatic rings. The monoisotopic (exact) mass is 437 g/mol. The lowest BCUT2D eigenvalue weighted by atomic mass is 9.97. The summed E-state index contributed by atoms with van der Waals surface area (Å²) < 4.78 is 39.6. The summed E-state index contributed by atoms with van der Waals surface area (Å²) in [5.41, 5.74) is 5.50. The Morgan fingerprint density at radius 3 is 2.48 bits per heavy atom. The number of phosphoric ester groups is 1. The van der Waals surface area contributed by atoms with Crippen molar-refractivity contribution in [3.8, 4) is 0 Å². The highest BCUT2D eigenvalue weighted by Gasteiger charge is 2.49. The first-order valence-electron chi connectivity index (χ1n) is 10.3. The summed E-state index contributed by atoms with van der Waals surface area (Å²) >= 11 is 0. The first kappa shape index (κ1) is 24.7. The van der Waals surface area contributed by atoms with Gasteiger partial charge >= 0.3 is 13.8 Å². The van der Waals surface area contributed by atoms with Crippen molar-refractivity contribution in [1.82, 2.24) is 0 Å². The topological polar surface area (TPSA) is 127 Å². The quantitative estimate of drug-likeness (QED) is 0.523. The zero-order valence-corrected chi connectivity index (χ0v) is 19.1. The van der Waals surface area contributed by atoms with Crippen LogP contribution in [0.1, 0.15) is 60.8 Å². The largest absolute Gasteiger partial charge is 0.530 e. The molecule has 29 heavy (non-hydrogen) atoms. The molecule has 7 unspecified atom stereocenters. The van der Waals surface area contributed by atoms with E-state index in [1.807, 2.05) is 34.6 Å². The van der Waals surface area contributed by atoms with Gasteiger partial charge in [-0.1, -0.05) is 6.92 Å². The fourth-order valence-electron chi connectivity index (χ4n) is 3.96. The van der Waals surface area contributed by atoms with Crippen LogP contribution in [0, 0.1) is 5.92 Å². The number of phosphoric acid groups is 1. The Morgan fingerprint density at radius 1 is 1.24 bits per heavy atom. The Kier molecular flexibility index (Phi) is 8.29. The highest BCUT2D eigenvalue weighted by molar-refractivity contribution is 7.48. The summed E-state index contributed by atoms with van der Waals surface area (Å²) in [6.45, 7) is 11.4. The molecular formula is C19H36NO8P. The van der Waals surface area contributed by atoms with Gasteiger partial charge in [0.05, 0.1) is 42.7 Å². The van der Waals surface area contributed by atoms with Gasteiger partial charge in [-0.3, -0.25) is 9.42 Å². The highest BCUT2D eigenvalue weighted by atomic mass is 31.2. The van der Waals surface area contributed by atoms with Crippen molar-refractivity contribution in [1.29, 1.82) is 0 Å². The fourth-order valence-corrected chi connectivity index (χ4v) is 4.95. The van der Waals surface area contributed by atoms with Crippen LogP contribution in [0.3, 0.4) is 0 Å². The maximum absolute atomic E-state index is 12.6. The molecule has 10 heteroatoms. The average Bonchev–Trinajstić information content (AvgIpc) is 3.03. The van der Waals surface area contributed by atoms with Gasteiger partial charge in [-0.05, 0) is 53.4 Å². The van der Waals surface area contributed by atoms with Gasteiger partial charge in [0.2, 0.25) is 0 Å². The molecule has 170 valence electrons. The molecular weight excluding hydrogens is 401 g/mol. The van der Waals surface area contributed by atoms with E-state index in [0.29, 0.717) is 19.3 Å². The van der Waals surface area contributed by atoms with Crippen molar-refractivity contribution in [2.45, 2.75) is 103 Å². The van der Waals surface area contributed by atoms with Crippen LogP contribution >= 0.6 is 7.82 Å². The Morgan fingerprint density at radius 2 is 1.90 bits per heavy atom. The van der Waals surface area contributed by atoms with E-state index in [1.54, 1.807) is 6.92 Å². The summed E-state index contributed by atoms with van der Waals surface area (Å²) in [4.78, 5) is 22.8. The smallest absolute Gasteiger partial charge is 0.377 e. The molecule has 0 spiro atoms. The zero-order chi connectivity index (χ0) is 22.0. The van der Waals surface area contributed by atoms with Gasteiger partial charge in [0.15, 0.2) is 6.10 Å². The third-order valence-electron chi connectivity index (χ3n) is 5.10. The van der Waals surface area contributed by atoms with Crippen LogP contribution < -0.4 is 5.73 Å². The molecule has 0 bridgehead atoms. The molecule has 1 heterocycles. The van der Waals surface area contributed by atoms with E-state index in [0.717, 1.165) is 0 Å². The van der Waals surface area contributed by atoms with Crippen LogP contribution in [0.15, 0.2) is 0 Å². The van der Waals surface area contributed by atoms with Crippen LogP contribution in [0.4, 0.5) is 0 Å². The standard InChI is InChI=1S/C19H36NO8P/c1-11(2)24-10-19(20)9-13(5)7-16(19)27-29(22,23)28-18(21)17-15(25-12(3)4)8-14(6)26-17/h11-17H,7-10,20H2,1-6H3,(H,22,23). The number of carbonyl (C=O) groups is 1. The van der Waals surface area contributed by atoms with Gasteiger partial charge in [-0.25, -0.2) is 9.36 Å². The molecule has 1 saturated carbocycles. The fraction of sp³-hybridized carbons (Fsp3) is 0.947. The molecule has 2 rings (SSSR count). The predicted octanol–water partition coefficient (Wildman–Crippen LogP) is 2.54. The summed E-state index contributed by atoms with van der Waals surface area (Å²) in [5.74, 6) is -0.794. The number of hydrogen-bond acceptors (Lipinski definition) is 8. The van der Waals surface area contributed by atoms with Gasteiger partial charge in [-0.15, -0.1) is 0 Å². The number of carbonyl (C=O) groups excluding carboxylic acids is 1. The molecule has 3 N–H and O–H groups in total. The second-order valence-corrected chi connectivity index (χ2v) is 10.3. The van der Waals surface area contributed by atoms with Crippen molar-refractivity contribution >= 4 is 13.8 Å². The summed E-state index contributed by atoms with van der Waals surface area (Å²) in [7, 11) is -4.71. The summed E-state index contributed by atoms with van der Waals surface area (Å²) in [5, 5.41) is 0. The SMILES string of the molecule is CC1CC(OP(=O)(O)OC(=O)C2OC(C)CC2OC(C)C)C(N)(COC(C)C)C1.